The van der Waals surface area contributed by atoms with Gasteiger partial charge in [-0.15, -0.1) is 0 Å². The second-order valence-electron chi connectivity index (χ2n) is 7.55. The zero-order valence-corrected chi connectivity index (χ0v) is 16.9. The minimum atomic E-state index is -0.194. The van der Waals surface area contributed by atoms with E-state index in [-0.39, 0.29) is 24.4 Å². The number of fused-ring (bicyclic) bond motifs is 1. The summed E-state index contributed by atoms with van der Waals surface area (Å²) < 4.78 is 0. The Morgan fingerprint density at radius 3 is 2.30 bits per heavy atom. The topological polar surface area (TPSA) is 73.0 Å². The molecular weight excluding hydrogens is 380 g/mol. The maximum atomic E-state index is 12.8. The summed E-state index contributed by atoms with van der Waals surface area (Å²) in [6, 6.07) is 14.7. The van der Waals surface area contributed by atoms with E-state index in [1.165, 1.54) is 4.90 Å². The molecule has 0 aromatic heterocycles. The first kappa shape index (κ1) is 19.7. The SMILES string of the molecule is C=C1c2ccccc2C(=O)N1CC(=O)N1CCN(C(=O)Nc2cccc(C)c2)CC1. The molecule has 7 heteroatoms. The molecule has 154 valence electrons. The average Bonchev–Trinajstić information content (AvgIpc) is 2.99. The van der Waals surface area contributed by atoms with Crippen molar-refractivity contribution in [3.8, 4) is 0 Å². The quantitative estimate of drug-likeness (QED) is 0.855. The highest BCUT2D eigenvalue weighted by molar-refractivity contribution is 6.10. The van der Waals surface area contributed by atoms with Crippen LogP contribution in [0.3, 0.4) is 0 Å². The zero-order chi connectivity index (χ0) is 21.3. The van der Waals surface area contributed by atoms with E-state index in [0.29, 0.717) is 37.4 Å². The standard InChI is InChI=1S/C23H24N4O3/c1-16-6-5-7-18(14-16)24-23(30)26-12-10-25(11-13-26)21(28)15-27-17(2)19-8-3-4-9-20(19)22(27)29/h3-9,14H,2,10-13,15H2,1H3,(H,24,30). The van der Waals surface area contributed by atoms with Gasteiger partial charge in [-0.1, -0.05) is 36.9 Å². The van der Waals surface area contributed by atoms with E-state index in [2.05, 4.69) is 11.9 Å². The summed E-state index contributed by atoms with van der Waals surface area (Å²) in [5.41, 5.74) is 3.73. The Bertz CT molecular complexity index is 990. The smallest absolute Gasteiger partial charge is 0.321 e. The lowest BCUT2D eigenvalue weighted by molar-refractivity contribution is -0.132. The molecule has 0 saturated carbocycles. The number of urea groups is 1. The number of anilines is 1. The molecule has 2 aliphatic rings. The molecule has 0 atom stereocenters. The van der Waals surface area contributed by atoms with Crippen molar-refractivity contribution in [2.45, 2.75) is 6.92 Å². The normalized spacial score (nSPS) is 16.0. The Kier molecular flexibility index (Phi) is 5.27. The summed E-state index contributed by atoms with van der Waals surface area (Å²) >= 11 is 0. The van der Waals surface area contributed by atoms with E-state index in [1.54, 1.807) is 21.9 Å². The van der Waals surface area contributed by atoms with Gasteiger partial charge in [-0.2, -0.15) is 0 Å². The second kappa shape index (κ2) is 8.02. The Morgan fingerprint density at radius 1 is 0.967 bits per heavy atom. The number of benzene rings is 2. The highest BCUT2D eigenvalue weighted by atomic mass is 16.2. The zero-order valence-electron chi connectivity index (χ0n) is 16.9. The van der Waals surface area contributed by atoms with Crippen LogP contribution in [-0.4, -0.2) is 65.3 Å². The maximum Gasteiger partial charge on any atom is 0.321 e. The number of carbonyl (C=O) groups is 3. The van der Waals surface area contributed by atoms with E-state index in [9.17, 15) is 14.4 Å². The van der Waals surface area contributed by atoms with E-state index in [1.807, 2.05) is 43.3 Å². The maximum absolute atomic E-state index is 12.8. The molecule has 1 saturated heterocycles. The van der Waals surface area contributed by atoms with Crippen molar-refractivity contribution in [2.75, 3.05) is 38.0 Å². The summed E-state index contributed by atoms with van der Waals surface area (Å²) in [5, 5.41) is 2.90. The molecule has 7 nitrogen and oxygen atoms in total. The van der Waals surface area contributed by atoms with Gasteiger partial charge in [-0.25, -0.2) is 4.79 Å². The highest BCUT2D eigenvalue weighted by Gasteiger charge is 2.33. The molecule has 0 radical (unpaired) electrons. The molecule has 0 spiro atoms. The monoisotopic (exact) mass is 404 g/mol. The molecule has 1 fully saturated rings. The Labute approximate surface area is 175 Å². The van der Waals surface area contributed by atoms with Gasteiger partial charge in [0.05, 0.1) is 0 Å². The van der Waals surface area contributed by atoms with Crippen LogP contribution in [0, 0.1) is 6.92 Å². The van der Waals surface area contributed by atoms with Gasteiger partial charge in [0.1, 0.15) is 6.54 Å². The molecule has 30 heavy (non-hydrogen) atoms. The van der Waals surface area contributed by atoms with Crippen molar-refractivity contribution in [3.63, 3.8) is 0 Å². The molecule has 2 aliphatic heterocycles. The Balaban J connectivity index is 1.31. The number of hydrogen-bond acceptors (Lipinski definition) is 3. The number of carbonyl (C=O) groups excluding carboxylic acids is 3. The number of nitrogens with one attached hydrogen (secondary N) is 1. The third-order valence-electron chi connectivity index (χ3n) is 5.52. The lowest BCUT2D eigenvalue weighted by Crippen LogP contribution is -2.53. The second-order valence-corrected chi connectivity index (χ2v) is 7.55. The minimum Gasteiger partial charge on any atom is -0.338 e. The van der Waals surface area contributed by atoms with E-state index < -0.39 is 0 Å². The molecule has 4 rings (SSSR count). The van der Waals surface area contributed by atoms with Gasteiger partial charge >= 0.3 is 6.03 Å². The van der Waals surface area contributed by atoms with Crippen LogP contribution in [0.25, 0.3) is 5.70 Å². The average molecular weight is 404 g/mol. The highest BCUT2D eigenvalue weighted by Crippen LogP contribution is 2.30. The fourth-order valence-electron chi connectivity index (χ4n) is 3.82. The third-order valence-corrected chi connectivity index (χ3v) is 5.52. The first-order valence-corrected chi connectivity index (χ1v) is 9.94. The summed E-state index contributed by atoms with van der Waals surface area (Å²) in [6.45, 7) is 7.66. The molecule has 0 unspecified atom stereocenters. The van der Waals surface area contributed by atoms with Crippen LogP contribution in [0.15, 0.2) is 55.1 Å². The van der Waals surface area contributed by atoms with E-state index >= 15 is 0 Å². The van der Waals surface area contributed by atoms with Gasteiger partial charge in [-0.05, 0) is 30.7 Å². The van der Waals surface area contributed by atoms with Gasteiger partial charge in [-0.3, -0.25) is 14.5 Å². The van der Waals surface area contributed by atoms with Crippen molar-refractivity contribution in [3.05, 3.63) is 71.8 Å². The lowest BCUT2D eigenvalue weighted by Gasteiger charge is -2.35. The fourth-order valence-corrected chi connectivity index (χ4v) is 3.82. The Hall–Kier alpha value is -3.61. The van der Waals surface area contributed by atoms with Crippen molar-refractivity contribution in [1.29, 1.82) is 0 Å². The van der Waals surface area contributed by atoms with Crippen LogP contribution in [-0.2, 0) is 4.79 Å². The first-order chi connectivity index (χ1) is 14.4. The van der Waals surface area contributed by atoms with Gasteiger partial charge < -0.3 is 15.1 Å². The van der Waals surface area contributed by atoms with Crippen LogP contribution in [0.1, 0.15) is 21.5 Å². The lowest BCUT2D eigenvalue weighted by atomic mass is 10.1. The van der Waals surface area contributed by atoms with Crippen LogP contribution in [0.2, 0.25) is 0 Å². The number of hydrogen-bond donors (Lipinski definition) is 1. The van der Waals surface area contributed by atoms with Crippen molar-refractivity contribution in [1.82, 2.24) is 14.7 Å². The number of aryl methyl sites for hydroxylation is 1. The van der Waals surface area contributed by atoms with Crippen LogP contribution in [0.4, 0.5) is 10.5 Å². The van der Waals surface area contributed by atoms with Crippen LogP contribution < -0.4 is 5.32 Å². The van der Waals surface area contributed by atoms with Gasteiger partial charge in [0.15, 0.2) is 0 Å². The molecule has 1 N–H and O–H groups in total. The number of nitrogens with zero attached hydrogens (tertiary/aromatic N) is 3. The van der Waals surface area contributed by atoms with Gasteiger partial charge in [0.2, 0.25) is 5.91 Å². The van der Waals surface area contributed by atoms with Crippen molar-refractivity contribution < 1.29 is 14.4 Å². The van der Waals surface area contributed by atoms with Crippen LogP contribution >= 0.6 is 0 Å². The summed E-state index contributed by atoms with van der Waals surface area (Å²) in [4.78, 5) is 42.7. The van der Waals surface area contributed by atoms with Crippen molar-refractivity contribution in [2.24, 2.45) is 0 Å². The summed E-state index contributed by atoms with van der Waals surface area (Å²) in [5.74, 6) is -0.337. The fraction of sp³-hybridized carbons (Fsp3) is 0.261. The number of rotatable bonds is 3. The van der Waals surface area contributed by atoms with Crippen molar-refractivity contribution >= 4 is 29.2 Å². The molecule has 4 amide bonds. The molecule has 2 heterocycles. The first-order valence-electron chi connectivity index (χ1n) is 9.94. The van der Waals surface area contributed by atoms with Crippen LogP contribution in [0.5, 0.6) is 0 Å². The summed E-state index contributed by atoms with van der Waals surface area (Å²) in [6.07, 6.45) is 0. The molecular formula is C23H24N4O3. The van der Waals surface area contributed by atoms with Gasteiger partial charge in [0.25, 0.3) is 5.91 Å². The minimum absolute atomic E-state index is 0.0398. The molecule has 0 bridgehead atoms. The molecule has 2 aromatic rings. The predicted molar refractivity (Wildman–Crippen MR) is 115 cm³/mol. The third kappa shape index (κ3) is 3.78. The van der Waals surface area contributed by atoms with E-state index in [4.69, 9.17) is 0 Å². The van der Waals surface area contributed by atoms with Gasteiger partial charge in [0, 0.05) is 48.7 Å². The predicted octanol–water partition coefficient (Wildman–Crippen LogP) is 2.80. The molecule has 0 aliphatic carbocycles. The number of piperazine rings is 1. The number of amides is 4. The summed E-state index contributed by atoms with van der Waals surface area (Å²) in [7, 11) is 0. The Morgan fingerprint density at radius 2 is 1.63 bits per heavy atom. The largest absolute Gasteiger partial charge is 0.338 e. The molecule has 2 aromatic carbocycles. The van der Waals surface area contributed by atoms with E-state index in [0.717, 1.165) is 16.8 Å².